The fourth-order valence-electron chi connectivity index (χ4n) is 1.61. The van der Waals surface area contributed by atoms with E-state index in [0.29, 0.717) is 6.10 Å². The number of ether oxygens (including phenoxy) is 1. The zero-order valence-corrected chi connectivity index (χ0v) is 9.14. The van der Waals surface area contributed by atoms with Crippen LogP contribution in [0.3, 0.4) is 0 Å². The van der Waals surface area contributed by atoms with E-state index >= 15 is 0 Å². The van der Waals surface area contributed by atoms with Crippen molar-refractivity contribution in [3.63, 3.8) is 0 Å². The molecule has 1 fully saturated rings. The minimum absolute atomic E-state index is 0.336. The molecule has 0 bridgehead atoms. The number of anilines is 1. The monoisotopic (exact) mass is 213 g/mol. The summed E-state index contributed by atoms with van der Waals surface area (Å²) in [5.41, 5.74) is 0. The molecular formula is C9H15N3OS. The molecule has 4 nitrogen and oxygen atoms in total. The van der Waals surface area contributed by atoms with Crippen molar-refractivity contribution in [1.82, 2.24) is 9.36 Å². The summed E-state index contributed by atoms with van der Waals surface area (Å²) in [6.45, 7) is 0.897. The fourth-order valence-corrected chi connectivity index (χ4v) is 2.16. The molecule has 0 aliphatic carbocycles. The van der Waals surface area contributed by atoms with Gasteiger partial charge in [-0.25, -0.2) is 4.98 Å². The van der Waals surface area contributed by atoms with E-state index in [9.17, 15) is 0 Å². The number of hydrogen-bond acceptors (Lipinski definition) is 5. The molecule has 2 heterocycles. The van der Waals surface area contributed by atoms with Crippen molar-refractivity contribution < 1.29 is 4.74 Å². The van der Waals surface area contributed by atoms with Crippen LogP contribution in [0, 0.1) is 0 Å². The van der Waals surface area contributed by atoms with Crippen LogP contribution in [0.4, 0.5) is 5.13 Å². The van der Waals surface area contributed by atoms with Crippen molar-refractivity contribution in [2.75, 3.05) is 19.0 Å². The molecule has 1 saturated heterocycles. The molecule has 0 amide bonds. The molecule has 1 aliphatic rings. The molecule has 0 spiro atoms. The molecule has 1 aromatic heterocycles. The zero-order chi connectivity index (χ0) is 9.80. The van der Waals surface area contributed by atoms with E-state index in [0.717, 1.165) is 30.4 Å². The van der Waals surface area contributed by atoms with Crippen LogP contribution in [0.1, 0.15) is 25.1 Å². The van der Waals surface area contributed by atoms with Gasteiger partial charge < -0.3 is 10.1 Å². The average Bonchev–Trinajstić information content (AvgIpc) is 2.67. The SMILES string of the molecule is CNc1nc(CC2CCCCO2)ns1. The van der Waals surface area contributed by atoms with Gasteiger partial charge in [0.25, 0.3) is 0 Å². The predicted molar refractivity (Wildman–Crippen MR) is 56.8 cm³/mol. The summed E-state index contributed by atoms with van der Waals surface area (Å²) in [6.07, 6.45) is 4.81. The second-order valence-corrected chi connectivity index (χ2v) is 4.21. The molecule has 1 N–H and O–H groups in total. The minimum atomic E-state index is 0.336. The highest BCUT2D eigenvalue weighted by Crippen LogP contribution is 2.18. The summed E-state index contributed by atoms with van der Waals surface area (Å²) >= 11 is 1.41. The zero-order valence-electron chi connectivity index (χ0n) is 8.32. The Morgan fingerprint density at radius 1 is 1.57 bits per heavy atom. The Labute approximate surface area is 87.9 Å². The highest BCUT2D eigenvalue weighted by Gasteiger charge is 2.16. The summed E-state index contributed by atoms with van der Waals surface area (Å²) in [5.74, 6) is 0.909. The van der Waals surface area contributed by atoms with Crippen LogP contribution in [-0.4, -0.2) is 29.1 Å². The van der Waals surface area contributed by atoms with E-state index in [1.165, 1.54) is 24.4 Å². The molecule has 1 aliphatic heterocycles. The van der Waals surface area contributed by atoms with Gasteiger partial charge in [0.1, 0.15) is 5.82 Å². The van der Waals surface area contributed by atoms with Crippen LogP contribution in [0.15, 0.2) is 0 Å². The van der Waals surface area contributed by atoms with Crippen LogP contribution in [0.5, 0.6) is 0 Å². The predicted octanol–water partition coefficient (Wildman–Crippen LogP) is 1.69. The van der Waals surface area contributed by atoms with Crippen LogP contribution in [-0.2, 0) is 11.2 Å². The van der Waals surface area contributed by atoms with Gasteiger partial charge in [-0.3, -0.25) is 0 Å². The summed E-state index contributed by atoms with van der Waals surface area (Å²) in [7, 11) is 1.86. The van der Waals surface area contributed by atoms with Crippen LogP contribution < -0.4 is 5.32 Å². The van der Waals surface area contributed by atoms with Crippen molar-refractivity contribution in [2.45, 2.75) is 31.8 Å². The number of aromatic nitrogens is 2. The second kappa shape index (κ2) is 4.70. The van der Waals surface area contributed by atoms with Gasteiger partial charge in [0.05, 0.1) is 6.10 Å². The summed E-state index contributed by atoms with van der Waals surface area (Å²) in [6, 6.07) is 0. The molecule has 1 aromatic rings. The highest BCUT2D eigenvalue weighted by atomic mass is 32.1. The van der Waals surface area contributed by atoms with Crippen molar-refractivity contribution in [3.05, 3.63) is 5.82 Å². The van der Waals surface area contributed by atoms with Gasteiger partial charge in [0.2, 0.25) is 5.13 Å². The van der Waals surface area contributed by atoms with Crippen molar-refractivity contribution in [2.24, 2.45) is 0 Å². The maximum atomic E-state index is 5.63. The lowest BCUT2D eigenvalue weighted by Gasteiger charge is -2.21. The molecule has 78 valence electrons. The molecule has 2 rings (SSSR count). The lowest BCUT2D eigenvalue weighted by molar-refractivity contribution is 0.0158. The highest BCUT2D eigenvalue weighted by molar-refractivity contribution is 7.09. The first-order valence-corrected chi connectivity index (χ1v) is 5.78. The van der Waals surface area contributed by atoms with Crippen molar-refractivity contribution >= 4 is 16.7 Å². The average molecular weight is 213 g/mol. The maximum absolute atomic E-state index is 5.63. The van der Waals surface area contributed by atoms with Gasteiger partial charge in [-0.2, -0.15) is 4.37 Å². The quantitative estimate of drug-likeness (QED) is 0.830. The fraction of sp³-hybridized carbons (Fsp3) is 0.778. The van der Waals surface area contributed by atoms with E-state index in [-0.39, 0.29) is 0 Å². The van der Waals surface area contributed by atoms with Gasteiger partial charge in [-0.05, 0) is 19.3 Å². The largest absolute Gasteiger partial charge is 0.378 e. The van der Waals surface area contributed by atoms with Crippen LogP contribution in [0.2, 0.25) is 0 Å². The molecule has 1 atom stereocenters. The smallest absolute Gasteiger partial charge is 0.202 e. The standard InChI is InChI=1S/C9H15N3OS/c1-10-9-11-8(12-14-9)6-7-4-2-3-5-13-7/h7H,2-6H2,1H3,(H,10,11,12). The normalized spacial score (nSPS) is 22.2. The molecular weight excluding hydrogens is 198 g/mol. The number of nitrogens with zero attached hydrogens (tertiary/aromatic N) is 2. The molecule has 5 heteroatoms. The molecule has 0 aromatic carbocycles. The molecule has 0 radical (unpaired) electrons. The molecule has 1 unspecified atom stereocenters. The Kier molecular flexibility index (Phi) is 3.31. The third-order valence-corrected chi connectivity index (χ3v) is 3.14. The maximum Gasteiger partial charge on any atom is 0.202 e. The van der Waals surface area contributed by atoms with Crippen molar-refractivity contribution in [1.29, 1.82) is 0 Å². The van der Waals surface area contributed by atoms with E-state index in [1.807, 2.05) is 7.05 Å². The third-order valence-electron chi connectivity index (χ3n) is 2.37. The van der Waals surface area contributed by atoms with E-state index < -0.39 is 0 Å². The van der Waals surface area contributed by atoms with Gasteiger partial charge >= 0.3 is 0 Å². The first-order chi connectivity index (χ1) is 6.88. The van der Waals surface area contributed by atoms with Gasteiger partial charge in [-0.15, -0.1) is 0 Å². The Bertz CT molecular complexity index is 283. The lowest BCUT2D eigenvalue weighted by Crippen LogP contribution is -2.21. The minimum Gasteiger partial charge on any atom is -0.378 e. The van der Waals surface area contributed by atoms with Crippen LogP contribution in [0.25, 0.3) is 0 Å². The summed E-state index contributed by atoms with van der Waals surface area (Å²) in [5, 5.41) is 3.87. The van der Waals surface area contributed by atoms with Crippen molar-refractivity contribution in [3.8, 4) is 0 Å². The van der Waals surface area contributed by atoms with Gasteiger partial charge in [0, 0.05) is 31.6 Å². The second-order valence-electron chi connectivity index (χ2n) is 3.46. The van der Waals surface area contributed by atoms with Crippen LogP contribution >= 0.6 is 11.5 Å². The topological polar surface area (TPSA) is 47.0 Å². The third kappa shape index (κ3) is 2.42. The number of rotatable bonds is 3. The molecule has 0 saturated carbocycles. The van der Waals surface area contributed by atoms with E-state index in [1.54, 1.807) is 0 Å². The molecule has 14 heavy (non-hydrogen) atoms. The van der Waals surface area contributed by atoms with E-state index in [4.69, 9.17) is 4.74 Å². The number of nitrogens with one attached hydrogen (secondary N) is 1. The Morgan fingerprint density at radius 2 is 2.50 bits per heavy atom. The Balaban J connectivity index is 1.89. The number of hydrogen-bond donors (Lipinski definition) is 1. The Hall–Kier alpha value is -0.680. The first-order valence-electron chi connectivity index (χ1n) is 5.00. The first kappa shape index (κ1) is 9.86. The lowest BCUT2D eigenvalue weighted by atomic mass is 10.1. The van der Waals surface area contributed by atoms with Gasteiger partial charge in [0.15, 0.2) is 0 Å². The van der Waals surface area contributed by atoms with Gasteiger partial charge in [-0.1, -0.05) is 0 Å². The summed E-state index contributed by atoms with van der Waals surface area (Å²) < 4.78 is 9.90. The Morgan fingerprint density at radius 3 is 3.14 bits per heavy atom. The van der Waals surface area contributed by atoms with E-state index in [2.05, 4.69) is 14.7 Å². The summed E-state index contributed by atoms with van der Waals surface area (Å²) in [4.78, 5) is 4.34.